The van der Waals surface area contributed by atoms with E-state index >= 15 is 0 Å². The lowest BCUT2D eigenvalue weighted by Crippen LogP contribution is -2.10. The van der Waals surface area contributed by atoms with Gasteiger partial charge in [-0.2, -0.15) is 11.8 Å². The Labute approximate surface area is 84.2 Å². The van der Waals surface area contributed by atoms with Crippen LogP contribution in [0.1, 0.15) is 12.0 Å². The van der Waals surface area contributed by atoms with Crippen molar-refractivity contribution in [3.05, 3.63) is 35.9 Å². The second-order valence-corrected chi connectivity index (χ2v) is 4.04. The van der Waals surface area contributed by atoms with Gasteiger partial charge in [0.25, 0.3) is 0 Å². The van der Waals surface area contributed by atoms with E-state index < -0.39 is 0 Å². The van der Waals surface area contributed by atoms with E-state index in [1.165, 1.54) is 5.56 Å². The maximum absolute atomic E-state index is 9.49. The van der Waals surface area contributed by atoms with Crippen molar-refractivity contribution in [1.29, 1.82) is 0 Å². The summed E-state index contributed by atoms with van der Waals surface area (Å²) in [7, 11) is 0. The van der Waals surface area contributed by atoms with E-state index in [9.17, 15) is 5.11 Å². The van der Waals surface area contributed by atoms with Gasteiger partial charge in [0.15, 0.2) is 0 Å². The normalized spacial score (nSPS) is 12.8. The zero-order chi connectivity index (χ0) is 9.52. The zero-order valence-corrected chi connectivity index (χ0v) is 8.76. The van der Waals surface area contributed by atoms with Crippen LogP contribution in [0.2, 0.25) is 0 Å². The molecule has 1 unspecified atom stereocenters. The second-order valence-electron chi connectivity index (χ2n) is 3.13. The van der Waals surface area contributed by atoms with Crippen LogP contribution in [0, 0.1) is 0 Å². The first-order valence-corrected chi connectivity index (χ1v) is 5.93. The molecular weight excluding hydrogens is 180 g/mol. The standard InChI is InChI=1S/C11H16OS/c1-13-9-11(12)8-7-10-5-3-2-4-6-10/h2-6,11-12H,7-9H2,1H3. The van der Waals surface area contributed by atoms with Crippen molar-refractivity contribution in [2.45, 2.75) is 18.9 Å². The Hall–Kier alpha value is -0.470. The van der Waals surface area contributed by atoms with Gasteiger partial charge in [-0.15, -0.1) is 0 Å². The van der Waals surface area contributed by atoms with Gasteiger partial charge in [0, 0.05) is 5.75 Å². The quantitative estimate of drug-likeness (QED) is 0.780. The number of rotatable bonds is 5. The summed E-state index contributed by atoms with van der Waals surface area (Å²) in [4.78, 5) is 0. The maximum Gasteiger partial charge on any atom is 0.0633 e. The molecule has 13 heavy (non-hydrogen) atoms. The van der Waals surface area contributed by atoms with Crippen LogP contribution < -0.4 is 0 Å². The van der Waals surface area contributed by atoms with E-state index in [1.807, 2.05) is 24.5 Å². The highest BCUT2D eigenvalue weighted by Crippen LogP contribution is 2.07. The summed E-state index contributed by atoms with van der Waals surface area (Å²) in [5.41, 5.74) is 1.31. The lowest BCUT2D eigenvalue weighted by atomic mass is 10.1. The van der Waals surface area contributed by atoms with Crippen LogP contribution >= 0.6 is 11.8 Å². The number of hydrogen-bond donors (Lipinski definition) is 1. The van der Waals surface area contributed by atoms with Crippen molar-refractivity contribution < 1.29 is 5.11 Å². The van der Waals surface area contributed by atoms with E-state index in [0.29, 0.717) is 0 Å². The van der Waals surface area contributed by atoms with Gasteiger partial charge in [-0.1, -0.05) is 30.3 Å². The SMILES string of the molecule is CSCC(O)CCc1ccccc1. The molecule has 0 amide bonds. The summed E-state index contributed by atoms with van der Waals surface area (Å²) in [6.07, 6.45) is 3.70. The van der Waals surface area contributed by atoms with Crippen LogP contribution in [0.15, 0.2) is 30.3 Å². The van der Waals surface area contributed by atoms with Gasteiger partial charge in [-0.25, -0.2) is 0 Å². The first-order chi connectivity index (χ1) is 6.33. The molecule has 0 fully saturated rings. The molecule has 0 spiro atoms. The van der Waals surface area contributed by atoms with Crippen molar-refractivity contribution in [1.82, 2.24) is 0 Å². The molecule has 0 radical (unpaired) electrons. The van der Waals surface area contributed by atoms with Gasteiger partial charge in [0.05, 0.1) is 6.10 Å². The Bertz CT molecular complexity index is 223. The number of benzene rings is 1. The molecule has 1 N–H and O–H groups in total. The topological polar surface area (TPSA) is 20.2 Å². The van der Waals surface area contributed by atoms with Crippen molar-refractivity contribution >= 4 is 11.8 Å². The number of aryl methyl sites for hydroxylation is 1. The first kappa shape index (κ1) is 10.6. The largest absolute Gasteiger partial charge is 0.392 e. The van der Waals surface area contributed by atoms with E-state index in [1.54, 1.807) is 11.8 Å². The van der Waals surface area contributed by atoms with Crippen molar-refractivity contribution in [3.63, 3.8) is 0 Å². The van der Waals surface area contributed by atoms with Gasteiger partial charge >= 0.3 is 0 Å². The van der Waals surface area contributed by atoms with Gasteiger partial charge in [0.2, 0.25) is 0 Å². The number of aliphatic hydroxyl groups excluding tert-OH is 1. The predicted octanol–water partition coefficient (Wildman–Crippen LogP) is 2.34. The van der Waals surface area contributed by atoms with Crippen LogP contribution in [0.25, 0.3) is 0 Å². The number of hydrogen-bond acceptors (Lipinski definition) is 2. The van der Waals surface area contributed by atoms with E-state index in [4.69, 9.17) is 0 Å². The third-order valence-electron chi connectivity index (χ3n) is 1.97. The van der Waals surface area contributed by atoms with Crippen LogP contribution in [-0.4, -0.2) is 23.2 Å². The highest BCUT2D eigenvalue weighted by molar-refractivity contribution is 7.98. The molecular formula is C11H16OS. The van der Waals surface area contributed by atoms with Gasteiger partial charge < -0.3 is 5.11 Å². The van der Waals surface area contributed by atoms with Crippen molar-refractivity contribution in [3.8, 4) is 0 Å². The molecule has 0 heterocycles. The summed E-state index contributed by atoms with van der Waals surface area (Å²) < 4.78 is 0. The molecule has 0 aliphatic heterocycles. The zero-order valence-electron chi connectivity index (χ0n) is 7.94. The summed E-state index contributed by atoms with van der Waals surface area (Å²) in [5.74, 6) is 0.840. The second kappa shape index (κ2) is 6.06. The van der Waals surface area contributed by atoms with E-state index in [2.05, 4.69) is 12.1 Å². The van der Waals surface area contributed by atoms with Crippen LogP contribution in [0.5, 0.6) is 0 Å². The molecule has 1 atom stereocenters. The summed E-state index contributed by atoms with van der Waals surface area (Å²) >= 11 is 1.69. The van der Waals surface area contributed by atoms with E-state index in [-0.39, 0.29) is 6.10 Å². The number of aliphatic hydroxyl groups is 1. The Kier molecular flexibility index (Phi) is 4.94. The molecule has 0 aromatic heterocycles. The molecule has 2 heteroatoms. The molecule has 0 aliphatic carbocycles. The lowest BCUT2D eigenvalue weighted by Gasteiger charge is -2.07. The minimum atomic E-state index is -0.157. The maximum atomic E-state index is 9.49. The molecule has 72 valence electrons. The van der Waals surface area contributed by atoms with Crippen LogP contribution in [0.4, 0.5) is 0 Å². The minimum Gasteiger partial charge on any atom is -0.392 e. The lowest BCUT2D eigenvalue weighted by molar-refractivity contribution is 0.189. The fraction of sp³-hybridized carbons (Fsp3) is 0.455. The van der Waals surface area contributed by atoms with Gasteiger partial charge in [-0.05, 0) is 24.7 Å². The van der Waals surface area contributed by atoms with Gasteiger partial charge in [-0.3, -0.25) is 0 Å². The highest BCUT2D eigenvalue weighted by atomic mass is 32.2. The highest BCUT2D eigenvalue weighted by Gasteiger charge is 2.02. The fourth-order valence-corrected chi connectivity index (χ4v) is 1.81. The Balaban J connectivity index is 2.27. The molecule has 1 aromatic carbocycles. The molecule has 1 rings (SSSR count). The molecule has 1 nitrogen and oxygen atoms in total. The average Bonchev–Trinajstić information content (AvgIpc) is 2.17. The summed E-state index contributed by atoms with van der Waals surface area (Å²) in [5, 5.41) is 9.49. The minimum absolute atomic E-state index is 0.157. The molecule has 0 aliphatic rings. The monoisotopic (exact) mass is 196 g/mol. The molecule has 1 aromatic rings. The molecule has 0 saturated carbocycles. The van der Waals surface area contributed by atoms with Gasteiger partial charge in [0.1, 0.15) is 0 Å². The smallest absolute Gasteiger partial charge is 0.0633 e. The third-order valence-corrected chi connectivity index (χ3v) is 2.69. The Morgan fingerprint density at radius 1 is 1.31 bits per heavy atom. The average molecular weight is 196 g/mol. The summed E-state index contributed by atoms with van der Waals surface area (Å²) in [6, 6.07) is 10.3. The summed E-state index contributed by atoms with van der Waals surface area (Å²) in [6.45, 7) is 0. The fourth-order valence-electron chi connectivity index (χ4n) is 1.25. The van der Waals surface area contributed by atoms with Crippen molar-refractivity contribution in [2.24, 2.45) is 0 Å². The molecule has 0 saturated heterocycles. The molecule has 0 bridgehead atoms. The van der Waals surface area contributed by atoms with Crippen molar-refractivity contribution in [2.75, 3.05) is 12.0 Å². The van der Waals surface area contributed by atoms with Crippen LogP contribution in [-0.2, 0) is 6.42 Å². The predicted molar refractivity (Wildman–Crippen MR) is 59.2 cm³/mol. The van der Waals surface area contributed by atoms with Crippen LogP contribution in [0.3, 0.4) is 0 Å². The third kappa shape index (κ3) is 4.34. The Morgan fingerprint density at radius 3 is 2.62 bits per heavy atom. The first-order valence-electron chi connectivity index (χ1n) is 4.54. The number of thioether (sulfide) groups is 1. The van der Waals surface area contributed by atoms with E-state index in [0.717, 1.165) is 18.6 Å². The Morgan fingerprint density at radius 2 is 2.00 bits per heavy atom.